The van der Waals surface area contributed by atoms with Gasteiger partial charge in [-0.1, -0.05) is 54.6 Å². The Bertz CT molecular complexity index is 961. The summed E-state index contributed by atoms with van der Waals surface area (Å²) in [5.41, 5.74) is 8.28. The number of nitrogens with zero attached hydrogens (tertiary/aromatic N) is 2. The summed E-state index contributed by atoms with van der Waals surface area (Å²) in [6.45, 7) is 0.768. The first kappa shape index (κ1) is 13.9. The Labute approximate surface area is 138 Å². The van der Waals surface area contributed by atoms with E-state index in [1.807, 2.05) is 18.2 Å². The van der Waals surface area contributed by atoms with Gasteiger partial charge >= 0.3 is 11.0 Å². The summed E-state index contributed by atoms with van der Waals surface area (Å²) in [5, 5.41) is 3.10. The topological polar surface area (TPSA) is 42.8 Å². The van der Waals surface area contributed by atoms with Crippen molar-refractivity contribution in [2.75, 3.05) is 5.73 Å². The van der Waals surface area contributed by atoms with Crippen LogP contribution in [0, 0.1) is 0 Å². The second-order valence-electron chi connectivity index (χ2n) is 5.45. The van der Waals surface area contributed by atoms with Crippen LogP contribution in [0.15, 0.2) is 72.8 Å². The Hall–Kier alpha value is -2.72. The van der Waals surface area contributed by atoms with E-state index in [4.69, 9.17) is 5.73 Å². The summed E-state index contributed by atoms with van der Waals surface area (Å²) in [5.74, 6) is 0.918. The second-order valence-corrected chi connectivity index (χ2v) is 6.49. The fraction of sp³-hybridized carbons (Fsp3) is 0.0526. The van der Waals surface area contributed by atoms with Crippen LogP contribution in [0.3, 0.4) is 0 Å². The Morgan fingerprint density at radius 3 is 2.43 bits per heavy atom. The predicted octanol–water partition coefficient (Wildman–Crippen LogP) is 3.88. The molecule has 0 fully saturated rings. The standard InChI is InChI=1S/C19H15N3S/c20-19-21-18(16-7-2-1-3-8-16)22(23-19)13-14-10-11-15-6-4-5-9-17(15)12-14/h1-12,20H,13H2/p+1. The van der Waals surface area contributed by atoms with Gasteiger partial charge in [0.1, 0.15) is 18.1 Å². The van der Waals surface area contributed by atoms with Crippen LogP contribution in [0.2, 0.25) is 0 Å². The van der Waals surface area contributed by atoms with Crippen LogP contribution < -0.4 is 9.69 Å². The van der Waals surface area contributed by atoms with Gasteiger partial charge in [0.15, 0.2) is 0 Å². The van der Waals surface area contributed by atoms with Crippen LogP contribution in [0.25, 0.3) is 22.2 Å². The number of fused-ring (bicyclic) bond motifs is 1. The highest BCUT2D eigenvalue weighted by molar-refractivity contribution is 7.05. The van der Waals surface area contributed by atoms with E-state index in [9.17, 15) is 0 Å². The monoisotopic (exact) mass is 318 g/mol. The number of nitrogen functional groups attached to an aromatic ring is 1. The van der Waals surface area contributed by atoms with Gasteiger partial charge in [0.25, 0.3) is 0 Å². The predicted molar refractivity (Wildman–Crippen MR) is 95.2 cm³/mol. The molecule has 0 aliphatic heterocycles. The average molecular weight is 318 g/mol. The third kappa shape index (κ3) is 2.81. The minimum Gasteiger partial charge on any atom is -0.351 e. The lowest BCUT2D eigenvalue weighted by atomic mass is 10.1. The van der Waals surface area contributed by atoms with Gasteiger partial charge in [-0.15, -0.1) is 0 Å². The Morgan fingerprint density at radius 1 is 0.870 bits per heavy atom. The lowest BCUT2D eigenvalue weighted by molar-refractivity contribution is -0.610. The Morgan fingerprint density at radius 2 is 1.61 bits per heavy atom. The third-order valence-corrected chi connectivity index (χ3v) is 4.63. The van der Waals surface area contributed by atoms with E-state index in [0.717, 1.165) is 17.9 Å². The fourth-order valence-corrected chi connectivity index (χ4v) is 3.54. The minimum atomic E-state index is 0.588. The van der Waals surface area contributed by atoms with Gasteiger partial charge < -0.3 is 5.73 Å². The largest absolute Gasteiger partial charge is 0.351 e. The highest BCUT2D eigenvalue weighted by Crippen LogP contribution is 2.20. The zero-order valence-electron chi connectivity index (χ0n) is 12.5. The highest BCUT2D eigenvalue weighted by Gasteiger charge is 2.21. The van der Waals surface area contributed by atoms with Gasteiger partial charge in [0, 0.05) is 0 Å². The van der Waals surface area contributed by atoms with Gasteiger partial charge in [-0.2, -0.15) is 3.96 Å². The highest BCUT2D eigenvalue weighted by atomic mass is 32.1. The fourth-order valence-electron chi connectivity index (χ4n) is 2.74. The van der Waals surface area contributed by atoms with Crippen molar-refractivity contribution < 1.29 is 3.96 Å². The maximum Gasteiger partial charge on any atom is 0.345 e. The first-order valence-electron chi connectivity index (χ1n) is 7.49. The quantitative estimate of drug-likeness (QED) is 0.583. The molecule has 0 amide bonds. The van der Waals surface area contributed by atoms with Crippen molar-refractivity contribution in [3.8, 4) is 11.4 Å². The molecule has 23 heavy (non-hydrogen) atoms. The maximum atomic E-state index is 5.95. The van der Waals surface area contributed by atoms with Gasteiger partial charge in [0.05, 0.1) is 5.56 Å². The van der Waals surface area contributed by atoms with Crippen molar-refractivity contribution in [1.82, 2.24) is 4.98 Å². The molecule has 3 aromatic carbocycles. The molecule has 0 unspecified atom stereocenters. The summed E-state index contributed by atoms with van der Waals surface area (Å²) >= 11 is 1.49. The SMILES string of the molecule is Nc1nc(-c2ccccc2)[n+](Cc2ccc3ccccc3c2)s1. The number of aromatic nitrogens is 2. The molecule has 2 N–H and O–H groups in total. The van der Waals surface area contributed by atoms with Gasteiger partial charge in [-0.25, -0.2) is 0 Å². The van der Waals surface area contributed by atoms with E-state index in [2.05, 4.69) is 63.5 Å². The minimum absolute atomic E-state index is 0.588. The van der Waals surface area contributed by atoms with E-state index in [-0.39, 0.29) is 0 Å². The number of hydrogen-bond acceptors (Lipinski definition) is 3. The maximum absolute atomic E-state index is 5.95. The van der Waals surface area contributed by atoms with Crippen molar-refractivity contribution in [3.63, 3.8) is 0 Å². The van der Waals surface area contributed by atoms with Crippen molar-refractivity contribution >= 4 is 27.4 Å². The van der Waals surface area contributed by atoms with Crippen molar-refractivity contribution in [2.45, 2.75) is 6.54 Å². The zero-order valence-corrected chi connectivity index (χ0v) is 13.3. The smallest absolute Gasteiger partial charge is 0.345 e. The Balaban J connectivity index is 1.73. The molecular weight excluding hydrogens is 302 g/mol. The molecular formula is C19H16N3S+. The molecule has 4 aromatic rings. The van der Waals surface area contributed by atoms with E-state index >= 15 is 0 Å². The van der Waals surface area contributed by atoms with Crippen LogP contribution in [0.4, 0.5) is 5.13 Å². The zero-order chi connectivity index (χ0) is 15.6. The molecule has 0 atom stereocenters. The summed E-state index contributed by atoms with van der Waals surface area (Å²) in [6.07, 6.45) is 0. The molecule has 4 heteroatoms. The molecule has 0 spiro atoms. The van der Waals surface area contributed by atoms with Crippen LogP contribution in [0.1, 0.15) is 5.56 Å². The van der Waals surface area contributed by atoms with E-state index in [1.54, 1.807) is 0 Å². The second kappa shape index (κ2) is 5.82. The summed E-state index contributed by atoms with van der Waals surface area (Å²) < 4.78 is 2.15. The lowest BCUT2D eigenvalue weighted by Crippen LogP contribution is -2.31. The molecule has 1 heterocycles. The number of rotatable bonds is 3. The normalized spacial score (nSPS) is 11.0. The van der Waals surface area contributed by atoms with Crippen LogP contribution in [-0.4, -0.2) is 4.98 Å². The van der Waals surface area contributed by atoms with Crippen molar-refractivity contribution in [1.29, 1.82) is 0 Å². The summed E-state index contributed by atoms with van der Waals surface area (Å²) in [7, 11) is 0. The number of nitrogens with two attached hydrogens (primary N) is 1. The third-order valence-electron chi connectivity index (χ3n) is 3.83. The van der Waals surface area contributed by atoms with Gasteiger partial charge in [0.2, 0.25) is 0 Å². The van der Waals surface area contributed by atoms with E-state index in [1.165, 1.54) is 27.9 Å². The average Bonchev–Trinajstić information content (AvgIpc) is 2.96. The first-order chi connectivity index (χ1) is 11.3. The van der Waals surface area contributed by atoms with Gasteiger partial charge in [-0.3, -0.25) is 0 Å². The first-order valence-corrected chi connectivity index (χ1v) is 8.27. The molecule has 0 radical (unpaired) electrons. The molecule has 0 saturated heterocycles. The van der Waals surface area contributed by atoms with E-state index < -0.39 is 0 Å². The van der Waals surface area contributed by atoms with Crippen LogP contribution >= 0.6 is 11.5 Å². The molecule has 4 rings (SSSR count). The number of anilines is 1. The molecule has 0 aliphatic rings. The van der Waals surface area contributed by atoms with Crippen molar-refractivity contribution in [2.24, 2.45) is 0 Å². The summed E-state index contributed by atoms with van der Waals surface area (Å²) in [6, 6.07) is 25.1. The van der Waals surface area contributed by atoms with Gasteiger partial charge in [-0.05, 0) is 39.5 Å². The van der Waals surface area contributed by atoms with Crippen molar-refractivity contribution in [3.05, 3.63) is 78.4 Å². The molecule has 3 nitrogen and oxygen atoms in total. The number of hydrogen-bond donors (Lipinski definition) is 1. The molecule has 1 aromatic heterocycles. The van der Waals surface area contributed by atoms with Crippen LogP contribution in [-0.2, 0) is 6.54 Å². The molecule has 0 aliphatic carbocycles. The molecule has 0 bridgehead atoms. The lowest BCUT2D eigenvalue weighted by Gasteiger charge is -2.02. The Kier molecular flexibility index (Phi) is 3.52. The number of benzene rings is 3. The van der Waals surface area contributed by atoms with Crippen LogP contribution in [0.5, 0.6) is 0 Å². The summed E-state index contributed by atoms with van der Waals surface area (Å²) in [4.78, 5) is 4.50. The molecule has 112 valence electrons. The molecule has 0 saturated carbocycles. The van der Waals surface area contributed by atoms with E-state index in [0.29, 0.717) is 5.13 Å².